The van der Waals surface area contributed by atoms with E-state index in [1.807, 2.05) is 18.2 Å². The van der Waals surface area contributed by atoms with Crippen molar-refractivity contribution in [2.24, 2.45) is 11.3 Å². The van der Waals surface area contributed by atoms with E-state index < -0.39 is 0 Å². The number of rotatable bonds is 3. The highest BCUT2D eigenvalue weighted by atomic mass is 16.6. The van der Waals surface area contributed by atoms with Crippen molar-refractivity contribution in [3.8, 4) is 5.75 Å². The van der Waals surface area contributed by atoms with Crippen LogP contribution in [0.25, 0.3) is 0 Å². The van der Waals surface area contributed by atoms with E-state index >= 15 is 0 Å². The van der Waals surface area contributed by atoms with Crippen LogP contribution in [0.5, 0.6) is 5.75 Å². The Kier molecular flexibility index (Phi) is 3.62. The Labute approximate surface area is 103 Å². The first-order valence-electron chi connectivity index (χ1n) is 5.76. The molecule has 3 nitrogen and oxygen atoms in total. The Hall–Kier alpha value is -1.35. The average molecular weight is 234 g/mol. The van der Waals surface area contributed by atoms with Crippen LogP contribution in [0, 0.1) is 10.8 Å². The van der Waals surface area contributed by atoms with Crippen molar-refractivity contribution in [2.75, 3.05) is 0 Å². The van der Waals surface area contributed by atoms with E-state index in [1.165, 1.54) is 6.21 Å². The largest absolute Gasteiger partial charge is 0.411 e. The van der Waals surface area contributed by atoms with Crippen molar-refractivity contribution in [3.63, 3.8) is 0 Å². The van der Waals surface area contributed by atoms with Gasteiger partial charge < -0.3 is 10.2 Å². The average Bonchev–Trinajstić information content (AvgIpc) is 2.26. The Balaban J connectivity index is 3.46. The zero-order valence-electron chi connectivity index (χ0n) is 11.3. The smallest absolute Gasteiger partial charge is 0.159 e. The van der Waals surface area contributed by atoms with Gasteiger partial charge in [0.1, 0.15) is 0 Å². The number of hydrogen-bond donors (Lipinski definition) is 2. The maximum atomic E-state index is 7.38. The van der Waals surface area contributed by atoms with Crippen molar-refractivity contribution in [3.05, 3.63) is 29.3 Å². The first kappa shape index (κ1) is 13.7. The van der Waals surface area contributed by atoms with Crippen LogP contribution < -0.4 is 10.7 Å². The summed E-state index contributed by atoms with van der Waals surface area (Å²) in [5.41, 5.74) is 1.72. The van der Waals surface area contributed by atoms with Gasteiger partial charge in [-0.1, -0.05) is 46.8 Å². The lowest BCUT2D eigenvalue weighted by Crippen LogP contribution is -2.34. The first-order valence-corrected chi connectivity index (χ1v) is 5.76. The number of benzene rings is 1. The fraction of sp³-hybridized carbons (Fsp3) is 0.500. The summed E-state index contributed by atoms with van der Waals surface area (Å²) in [5.74, 6) is 5.96. The van der Waals surface area contributed by atoms with Gasteiger partial charge in [0.05, 0.1) is 0 Å². The minimum absolute atomic E-state index is 0.0704. The molecule has 0 aliphatic carbocycles. The van der Waals surface area contributed by atoms with Gasteiger partial charge in [-0.05, 0) is 16.9 Å². The molecule has 0 spiro atoms. The van der Waals surface area contributed by atoms with Crippen molar-refractivity contribution < 1.29 is 4.84 Å². The van der Waals surface area contributed by atoms with Crippen LogP contribution in [0.1, 0.15) is 45.7 Å². The van der Waals surface area contributed by atoms with E-state index in [0.29, 0.717) is 11.3 Å². The standard InChI is InChI=1S/C14H22N2O/c1-13(2,3)14(4,5)11-8-6-7-10(9-15)12(11)17-16/h6-9,15H,16H2,1-5H3. The Morgan fingerprint density at radius 3 is 2.18 bits per heavy atom. The maximum Gasteiger partial charge on any atom is 0.159 e. The molecule has 0 amide bonds. The number of para-hydroxylation sites is 1. The third-order valence-electron chi connectivity index (χ3n) is 3.87. The van der Waals surface area contributed by atoms with Gasteiger partial charge in [-0.3, -0.25) is 0 Å². The summed E-state index contributed by atoms with van der Waals surface area (Å²) in [6, 6.07) is 5.78. The lowest BCUT2D eigenvalue weighted by Gasteiger charge is -2.40. The molecule has 1 aromatic rings. The van der Waals surface area contributed by atoms with Crippen LogP contribution >= 0.6 is 0 Å². The van der Waals surface area contributed by atoms with Gasteiger partial charge in [-0.2, -0.15) is 5.90 Å². The molecule has 0 fully saturated rings. The van der Waals surface area contributed by atoms with Crippen LogP contribution in [-0.2, 0) is 5.41 Å². The van der Waals surface area contributed by atoms with Crippen LogP contribution in [0.4, 0.5) is 0 Å². The summed E-state index contributed by atoms with van der Waals surface area (Å²) >= 11 is 0. The molecule has 0 radical (unpaired) electrons. The van der Waals surface area contributed by atoms with Crippen molar-refractivity contribution >= 4 is 6.21 Å². The van der Waals surface area contributed by atoms with Gasteiger partial charge in [0.15, 0.2) is 5.75 Å². The normalized spacial score (nSPS) is 12.4. The lowest BCUT2D eigenvalue weighted by atomic mass is 9.65. The molecule has 1 rings (SSSR count). The Morgan fingerprint density at radius 1 is 1.18 bits per heavy atom. The third kappa shape index (κ3) is 2.34. The predicted molar refractivity (Wildman–Crippen MR) is 71.6 cm³/mol. The van der Waals surface area contributed by atoms with Gasteiger partial charge >= 0.3 is 0 Å². The molecular weight excluding hydrogens is 212 g/mol. The zero-order chi connectivity index (χ0) is 13.3. The van der Waals surface area contributed by atoms with Crippen molar-refractivity contribution in [1.29, 1.82) is 5.41 Å². The molecule has 0 aliphatic rings. The fourth-order valence-electron chi connectivity index (χ4n) is 1.70. The summed E-state index contributed by atoms with van der Waals surface area (Å²) in [6.45, 7) is 10.9. The van der Waals surface area contributed by atoms with E-state index in [4.69, 9.17) is 16.1 Å². The van der Waals surface area contributed by atoms with Gasteiger partial charge in [0, 0.05) is 17.3 Å². The molecule has 0 saturated heterocycles. The van der Waals surface area contributed by atoms with E-state index in [9.17, 15) is 0 Å². The molecule has 0 saturated carbocycles. The molecule has 94 valence electrons. The van der Waals surface area contributed by atoms with E-state index in [1.54, 1.807) is 0 Å². The monoisotopic (exact) mass is 234 g/mol. The van der Waals surface area contributed by atoms with Crippen LogP contribution in [0.3, 0.4) is 0 Å². The zero-order valence-corrected chi connectivity index (χ0v) is 11.3. The molecule has 17 heavy (non-hydrogen) atoms. The molecule has 0 unspecified atom stereocenters. The first-order chi connectivity index (χ1) is 7.75. The predicted octanol–water partition coefficient (Wildman–Crippen LogP) is 3.26. The van der Waals surface area contributed by atoms with Gasteiger partial charge in [0.25, 0.3) is 0 Å². The quantitative estimate of drug-likeness (QED) is 0.623. The van der Waals surface area contributed by atoms with Crippen molar-refractivity contribution in [1.82, 2.24) is 0 Å². The van der Waals surface area contributed by atoms with Gasteiger partial charge in [-0.15, -0.1) is 0 Å². The summed E-state index contributed by atoms with van der Waals surface area (Å²) in [4.78, 5) is 5.00. The Morgan fingerprint density at radius 2 is 1.76 bits per heavy atom. The minimum Gasteiger partial charge on any atom is -0.411 e. The molecule has 0 heterocycles. The second-order valence-electron chi connectivity index (χ2n) is 5.86. The summed E-state index contributed by atoms with van der Waals surface area (Å²) in [6.07, 6.45) is 1.27. The lowest BCUT2D eigenvalue weighted by molar-refractivity contribution is 0.214. The molecule has 3 N–H and O–H groups in total. The summed E-state index contributed by atoms with van der Waals surface area (Å²) in [5, 5.41) is 7.38. The van der Waals surface area contributed by atoms with Crippen LogP contribution in [-0.4, -0.2) is 6.21 Å². The second-order valence-corrected chi connectivity index (χ2v) is 5.86. The number of nitrogens with two attached hydrogens (primary N) is 1. The van der Waals surface area contributed by atoms with Gasteiger partial charge in [-0.25, -0.2) is 0 Å². The Bertz CT molecular complexity index is 417. The number of nitrogens with one attached hydrogen (secondary N) is 1. The van der Waals surface area contributed by atoms with E-state index in [2.05, 4.69) is 34.6 Å². The second kappa shape index (κ2) is 4.49. The van der Waals surface area contributed by atoms with Crippen molar-refractivity contribution in [2.45, 2.75) is 40.0 Å². The highest BCUT2D eigenvalue weighted by molar-refractivity contribution is 5.82. The molecule has 0 atom stereocenters. The molecule has 0 aliphatic heterocycles. The molecular formula is C14H22N2O. The van der Waals surface area contributed by atoms with Crippen LogP contribution in [0.2, 0.25) is 0 Å². The fourth-order valence-corrected chi connectivity index (χ4v) is 1.70. The minimum atomic E-state index is -0.0965. The van der Waals surface area contributed by atoms with E-state index in [-0.39, 0.29) is 10.8 Å². The maximum absolute atomic E-state index is 7.38. The summed E-state index contributed by atoms with van der Waals surface area (Å²) in [7, 11) is 0. The summed E-state index contributed by atoms with van der Waals surface area (Å²) < 4.78 is 0. The van der Waals surface area contributed by atoms with Gasteiger partial charge in [0.2, 0.25) is 0 Å². The highest BCUT2D eigenvalue weighted by Crippen LogP contribution is 2.44. The highest BCUT2D eigenvalue weighted by Gasteiger charge is 2.37. The third-order valence-corrected chi connectivity index (χ3v) is 3.87. The molecule has 0 aromatic heterocycles. The number of hydrogen-bond acceptors (Lipinski definition) is 3. The van der Waals surface area contributed by atoms with E-state index in [0.717, 1.165) is 5.56 Å². The topological polar surface area (TPSA) is 59.1 Å². The van der Waals surface area contributed by atoms with Crippen LogP contribution in [0.15, 0.2) is 18.2 Å². The molecule has 1 aromatic carbocycles. The molecule has 3 heteroatoms. The molecule has 0 bridgehead atoms. The SMILES string of the molecule is CC(C)(C)C(C)(C)c1cccc(C=N)c1ON.